The minimum Gasteiger partial charge on any atom is -0.493 e. The van der Waals surface area contributed by atoms with Crippen molar-refractivity contribution in [2.75, 3.05) is 7.11 Å². The number of aromatic nitrogens is 2. The van der Waals surface area contributed by atoms with E-state index in [1.165, 1.54) is 16.9 Å². The highest BCUT2D eigenvalue weighted by molar-refractivity contribution is 14.1. The Morgan fingerprint density at radius 1 is 1.09 bits per heavy atom. The summed E-state index contributed by atoms with van der Waals surface area (Å²) in [5, 5.41) is 0. The number of thiazole rings is 1. The summed E-state index contributed by atoms with van der Waals surface area (Å²) >= 11 is 3.64. The van der Waals surface area contributed by atoms with E-state index in [-0.39, 0.29) is 5.56 Å². The molecule has 0 bridgehead atoms. The molecule has 3 aromatic carbocycles. The fourth-order valence-corrected chi connectivity index (χ4v) is 5.53. The first-order valence-electron chi connectivity index (χ1n) is 10.4. The molecule has 0 fully saturated rings. The van der Waals surface area contributed by atoms with Gasteiger partial charge in [-0.25, -0.2) is 9.38 Å². The third kappa shape index (κ3) is 4.11. The first-order chi connectivity index (χ1) is 15.9. The van der Waals surface area contributed by atoms with Gasteiger partial charge in [0, 0.05) is 0 Å². The predicted octanol–water partition coefficient (Wildman–Crippen LogP) is 5.27. The Bertz CT molecular complexity index is 1610. The number of nitrogens with zero attached hydrogens (tertiary/aromatic N) is 2. The van der Waals surface area contributed by atoms with Crippen molar-refractivity contribution in [1.29, 1.82) is 0 Å². The molecule has 0 atom stereocenters. The van der Waals surface area contributed by atoms with Crippen LogP contribution in [0.4, 0.5) is 0 Å². The Morgan fingerprint density at radius 3 is 2.61 bits per heavy atom. The van der Waals surface area contributed by atoms with E-state index in [0.717, 1.165) is 31.3 Å². The summed E-state index contributed by atoms with van der Waals surface area (Å²) in [7, 11) is 1.62. The van der Waals surface area contributed by atoms with Gasteiger partial charge >= 0.3 is 0 Å². The van der Waals surface area contributed by atoms with Crippen LogP contribution < -0.4 is 19.6 Å². The monoisotopic (exact) mass is 568 g/mol. The summed E-state index contributed by atoms with van der Waals surface area (Å²) in [5.74, 6) is 1.33. The second-order valence-corrected chi connectivity index (χ2v) is 10.1. The topological polar surface area (TPSA) is 52.8 Å². The zero-order valence-corrected chi connectivity index (χ0v) is 21.4. The minimum atomic E-state index is -0.0564. The molecule has 5 nitrogen and oxygen atoms in total. The van der Waals surface area contributed by atoms with Gasteiger partial charge in [-0.05, 0) is 89.0 Å². The number of hydrogen-bond donors (Lipinski definition) is 0. The van der Waals surface area contributed by atoms with Crippen LogP contribution >= 0.6 is 33.9 Å². The van der Waals surface area contributed by atoms with E-state index in [1.807, 2.05) is 67.6 Å². The number of aryl methyl sites for hydroxylation is 2. The van der Waals surface area contributed by atoms with Gasteiger partial charge in [0.2, 0.25) is 0 Å². The van der Waals surface area contributed by atoms with Crippen LogP contribution in [0.25, 0.3) is 22.1 Å². The molecular weight excluding hydrogens is 547 g/mol. The van der Waals surface area contributed by atoms with Crippen LogP contribution in [0.2, 0.25) is 0 Å². The van der Waals surface area contributed by atoms with E-state index >= 15 is 0 Å². The average Bonchev–Trinajstić information content (AvgIpc) is 3.29. The lowest BCUT2D eigenvalue weighted by molar-refractivity contribution is 0.282. The van der Waals surface area contributed by atoms with Crippen LogP contribution in [0, 0.1) is 17.4 Å². The quantitative estimate of drug-likeness (QED) is 0.272. The Kier molecular flexibility index (Phi) is 5.84. The van der Waals surface area contributed by atoms with E-state index in [0.29, 0.717) is 27.6 Å². The molecule has 0 saturated heterocycles. The van der Waals surface area contributed by atoms with Gasteiger partial charge in [-0.15, -0.1) is 0 Å². The number of ether oxygens (including phenoxy) is 2. The lowest BCUT2D eigenvalue weighted by Gasteiger charge is -2.13. The molecule has 0 amide bonds. The molecule has 0 saturated carbocycles. The predicted molar refractivity (Wildman–Crippen MR) is 142 cm³/mol. The highest BCUT2D eigenvalue weighted by Gasteiger charge is 2.14. The SMILES string of the molecule is COc1cc(/C=c2\sc3nc4cc(C)c(C)cc4n3c2=O)cc(I)c1OCc1ccccc1. The molecule has 7 heteroatoms. The van der Waals surface area contributed by atoms with Gasteiger partial charge in [0.25, 0.3) is 5.56 Å². The molecular formula is C26H21IN2O3S. The maximum atomic E-state index is 13.2. The molecule has 33 heavy (non-hydrogen) atoms. The highest BCUT2D eigenvalue weighted by Crippen LogP contribution is 2.35. The van der Waals surface area contributed by atoms with Gasteiger partial charge in [-0.1, -0.05) is 41.7 Å². The molecule has 0 aliphatic rings. The number of imidazole rings is 1. The minimum absolute atomic E-state index is 0.0564. The lowest BCUT2D eigenvalue weighted by atomic mass is 10.1. The molecule has 2 aromatic heterocycles. The van der Waals surface area contributed by atoms with Crippen molar-refractivity contribution in [1.82, 2.24) is 9.38 Å². The zero-order chi connectivity index (χ0) is 23.1. The molecule has 5 rings (SSSR count). The average molecular weight is 568 g/mol. The number of fused-ring (bicyclic) bond motifs is 3. The summed E-state index contributed by atoms with van der Waals surface area (Å²) < 4.78 is 14.9. The molecule has 0 radical (unpaired) electrons. The van der Waals surface area contributed by atoms with E-state index in [2.05, 4.69) is 34.5 Å². The molecule has 5 aromatic rings. The first-order valence-corrected chi connectivity index (χ1v) is 12.3. The summed E-state index contributed by atoms with van der Waals surface area (Å²) in [4.78, 5) is 18.6. The summed E-state index contributed by atoms with van der Waals surface area (Å²) in [5.41, 5.74) is 5.92. The van der Waals surface area contributed by atoms with Crippen molar-refractivity contribution < 1.29 is 9.47 Å². The molecule has 0 unspecified atom stereocenters. The third-order valence-corrected chi connectivity index (χ3v) is 7.40. The second kappa shape index (κ2) is 8.79. The van der Waals surface area contributed by atoms with Crippen LogP contribution in [-0.2, 0) is 6.61 Å². The van der Waals surface area contributed by atoms with Crippen LogP contribution in [0.3, 0.4) is 0 Å². The number of rotatable bonds is 5. The van der Waals surface area contributed by atoms with Gasteiger partial charge in [0.15, 0.2) is 16.5 Å². The molecule has 0 spiro atoms. The summed E-state index contributed by atoms with van der Waals surface area (Å²) in [6.45, 7) is 4.56. The van der Waals surface area contributed by atoms with Crippen molar-refractivity contribution in [3.63, 3.8) is 0 Å². The molecule has 166 valence electrons. The van der Waals surface area contributed by atoms with E-state index in [9.17, 15) is 4.79 Å². The van der Waals surface area contributed by atoms with Crippen molar-refractivity contribution >= 4 is 56.0 Å². The van der Waals surface area contributed by atoms with Crippen LogP contribution in [-0.4, -0.2) is 16.5 Å². The number of hydrogen-bond acceptors (Lipinski definition) is 5. The van der Waals surface area contributed by atoms with Crippen molar-refractivity contribution in [2.45, 2.75) is 20.5 Å². The number of benzene rings is 3. The Morgan fingerprint density at radius 2 is 1.85 bits per heavy atom. The Hall–Kier alpha value is -2.91. The van der Waals surface area contributed by atoms with Gasteiger partial charge in [-0.3, -0.25) is 4.79 Å². The second-order valence-electron chi connectivity index (χ2n) is 7.88. The molecule has 0 aliphatic heterocycles. The standard InChI is InChI=1S/C26H21IN2O3S/c1-15-9-20-21(10-16(15)2)29-25(30)23(33-26(29)28-20)13-18-11-19(27)24(22(12-18)31-3)32-14-17-7-5-4-6-8-17/h4-13H,14H2,1-3H3/b23-13-. The fourth-order valence-electron chi connectivity index (χ4n) is 3.76. The van der Waals surface area contributed by atoms with Crippen molar-refractivity contribution in [2.24, 2.45) is 0 Å². The molecule has 0 N–H and O–H groups in total. The van der Waals surface area contributed by atoms with Gasteiger partial charge < -0.3 is 9.47 Å². The zero-order valence-electron chi connectivity index (χ0n) is 18.4. The van der Waals surface area contributed by atoms with Crippen LogP contribution in [0.5, 0.6) is 11.5 Å². The Balaban J connectivity index is 1.55. The van der Waals surface area contributed by atoms with Gasteiger partial charge in [0.1, 0.15) is 6.61 Å². The van der Waals surface area contributed by atoms with E-state index in [1.54, 1.807) is 11.5 Å². The molecule has 2 heterocycles. The smallest absolute Gasteiger partial charge is 0.274 e. The van der Waals surface area contributed by atoms with Crippen LogP contribution in [0.1, 0.15) is 22.3 Å². The van der Waals surface area contributed by atoms with Gasteiger partial charge in [0.05, 0.1) is 26.2 Å². The maximum Gasteiger partial charge on any atom is 0.274 e. The Labute approximate surface area is 208 Å². The number of halogens is 1. The largest absolute Gasteiger partial charge is 0.493 e. The summed E-state index contributed by atoms with van der Waals surface area (Å²) in [6.07, 6.45) is 1.89. The van der Waals surface area contributed by atoms with E-state index < -0.39 is 0 Å². The van der Waals surface area contributed by atoms with Gasteiger partial charge in [-0.2, -0.15) is 0 Å². The number of methoxy groups -OCH3 is 1. The summed E-state index contributed by atoms with van der Waals surface area (Å²) in [6, 6.07) is 18.0. The molecule has 0 aliphatic carbocycles. The van der Waals surface area contributed by atoms with E-state index in [4.69, 9.17) is 9.47 Å². The first kappa shape index (κ1) is 21.9. The normalized spacial score (nSPS) is 12.1. The van der Waals surface area contributed by atoms with Crippen molar-refractivity contribution in [3.8, 4) is 11.5 Å². The lowest BCUT2D eigenvalue weighted by Crippen LogP contribution is -2.22. The van der Waals surface area contributed by atoms with Crippen molar-refractivity contribution in [3.05, 3.63) is 95.3 Å². The fraction of sp³-hybridized carbons (Fsp3) is 0.154. The van der Waals surface area contributed by atoms with Crippen LogP contribution in [0.15, 0.2) is 59.4 Å². The highest BCUT2D eigenvalue weighted by atomic mass is 127. The maximum absolute atomic E-state index is 13.2. The third-order valence-electron chi connectivity index (χ3n) is 5.63.